The van der Waals surface area contributed by atoms with E-state index in [1.807, 2.05) is 24.3 Å². The molecule has 0 saturated heterocycles. The van der Waals surface area contributed by atoms with Crippen molar-refractivity contribution in [2.45, 2.75) is 45.6 Å². The lowest BCUT2D eigenvalue weighted by Crippen LogP contribution is -2.27. The lowest BCUT2D eigenvalue weighted by atomic mass is 10.0. The summed E-state index contributed by atoms with van der Waals surface area (Å²) in [5.74, 6) is 0.903. The normalized spacial score (nSPS) is 11.3. The van der Waals surface area contributed by atoms with Crippen LogP contribution in [-0.2, 0) is 11.1 Å². The van der Waals surface area contributed by atoms with Crippen molar-refractivity contribution >= 4 is 7.69 Å². The van der Waals surface area contributed by atoms with Crippen molar-refractivity contribution in [3.63, 3.8) is 0 Å². The quantitative estimate of drug-likeness (QED) is 0.569. The lowest BCUT2D eigenvalue weighted by molar-refractivity contribution is 0.0985. The van der Waals surface area contributed by atoms with Crippen LogP contribution in [0.1, 0.15) is 39.2 Å². The molecule has 1 aromatic carbocycles. The van der Waals surface area contributed by atoms with Crippen LogP contribution in [0.25, 0.3) is 0 Å². The van der Waals surface area contributed by atoms with Gasteiger partial charge < -0.3 is 14.4 Å². The first-order valence-corrected chi connectivity index (χ1v) is 6.54. The van der Waals surface area contributed by atoms with Crippen molar-refractivity contribution in [2.24, 2.45) is 0 Å². The molecule has 0 spiro atoms. The summed E-state index contributed by atoms with van der Waals surface area (Å²) in [6.45, 7) is 6.92. The highest BCUT2D eigenvalue weighted by molar-refractivity contribution is 6.15. The number of hydrogen-bond acceptors (Lipinski definition) is 3. The van der Waals surface area contributed by atoms with E-state index in [1.54, 1.807) is 0 Å². The highest BCUT2D eigenvalue weighted by Gasteiger charge is 2.18. The van der Waals surface area contributed by atoms with Crippen molar-refractivity contribution in [3.05, 3.63) is 29.8 Å². The Morgan fingerprint density at radius 1 is 1.22 bits per heavy atom. The minimum absolute atomic E-state index is 0.115. The molecule has 0 heterocycles. The van der Waals surface area contributed by atoms with Crippen LogP contribution < -0.4 is 4.74 Å². The second-order valence-corrected chi connectivity index (χ2v) is 5.04. The van der Waals surface area contributed by atoms with Crippen LogP contribution in [0.2, 0.25) is 0 Å². The Hall–Kier alpha value is -0.995. The number of rotatable bonds is 8. The molecule has 0 aromatic heterocycles. The Morgan fingerprint density at radius 3 is 2.44 bits per heavy atom. The van der Waals surface area contributed by atoms with Crippen LogP contribution in [0.4, 0.5) is 0 Å². The van der Waals surface area contributed by atoms with Gasteiger partial charge >= 0.3 is 7.69 Å². The van der Waals surface area contributed by atoms with Crippen LogP contribution in [-0.4, -0.2) is 24.9 Å². The third kappa shape index (κ3) is 5.56. The summed E-state index contributed by atoms with van der Waals surface area (Å²) in [7, 11) is -0.216. The van der Waals surface area contributed by atoms with Gasteiger partial charge in [-0.25, -0.2) is 0 Å². The van der Waals surface area contributed by atoms with Crippen molar-refractivity contribution in [1.82, 2.24) is 0 Å². The highest BCUT2D eigenvalue weighted by Crippen LogP contribution is 2.22. The van der Waals surface area contributed by atoms with E-state index in [2.05, 4.69) is 20.8 Å². The first kappa shape index (κ1) is 15.1. The standard InChI is InChI=1S/C14H23BO3/c1-4-10-14(2,3)18-13-7-5-12(6-8-13)9-11-17-15-16/h5-8,15-16H,4,9-11H2,1-3H3. The van der Waals surface area contributed by atoms with Gasteiger partial charge in [0.2, 0.25) is 0 Å². The fourth-order valence-corrected chi connectivity index (χ4v) is 1.95. The maximum atomic E-state index is 8.52. The zero-order chi connectivity index (χ0) is 13.4. The molecule has 3 nitrogen and oxygen atoms in total. The Labute approximate surface area is 110 Å². The van der Waals surface area contributed by atoms with Crippen LogP contribution >= 0.6 is 0 Å². The first-order valence-electron chi connectivity index (χ1n) is 6.54. The molecule has 0 radical (unpaired) electrons. The molecule has 0 fully saturated rings. The van der Waals surface area contributed by atoms with Crippen molar-refractivity contribution in [1.29, 1.82) is 0 Å². The van der Waals surface area contributed by atoms with Gasteiger partial charge in [0.05, 0.1) is 0 Å². The second-order valence-electron chi connectivity index (χ2n) is 5.04. The first-order chi connectivity index (χ1) is 8.57. The molecule has 18 heavy (non-hydrogen) atoms. The second kappa shape index (κ2) is 7.44. The predicted octanol–water partition coefficient (Wildman–Crippen LogP) is 2.46. The van der Waals surface area contributed by atoms with E-state index in [0.29, 0.717) is 6.61 Å². The zero-order valence-corrected chi connectivity index (χ0v) is 11.6. The molecule has 0 aliphatic rings. The third-order valence-electron chi connectivity index (χ3n) is 2.80. The van der Waals surface area contributed by atoms with Crippen molar-refractivity contribution in [2.75, 3.05) is 6.61 Å². The Bertz CT molecular complexity index is 335. The molecule has 0 aliphatic carbocycles. The fraction of sp³-hybridized carbons (Fsp3) is 0.571. The maximum Gasteiger partial charge on any atom is 0.435 e. The highest BCUT2D eigenvalue weighted by atomic mass is 16.5. The largest absolute Gasteiger partial charge is 0.488 e. The summed E-state index contributed by atoms with van der Waals surface area (Å²) in [6.07, 6.45) is 2.96. The van der Waals surface area contributed by atoms with Gasteiger partial charge in [0.1, 0.15) is 11.4 Å². The molecule has 4 heteroatoms. The van der Waals surface area contributed by atoms with Crippen LogP contribution in [0.15, 0.2) is 24.3 Å². The number of ether oxygens (including phenoxy) is 1. The van der Waals surface area contributed by atoms with Gasteiger partial charge in [-0.05, 0) is 44.4 Å². The molecule has 0 unspecified atom stereocenters. The zero-order valence-electron chi connectivity index (χ0n) is 11.6. The minimum Gasteiger partial charge on any atom is -0.488 e. The van der Waals surface area contributed by atoms with E-state index in [9.17, 15) is 0 Å². The fourth-order valence-electron chi connectivity index (χ4n) is 1.95. The maximum absolute atomic E-state index is 8.52. The van der Waals surface area contributed by atoms with Gasteiger partial charge in [-0.1, -0.05) is 25.5 Å². The molecule has 1 aromatic rings. The average molecular weight is 250 g/mol. The molecule has 100 valence electrons. The van der Waals surface area contributed by atoms with Gasteiger partial charge in [-0.15, -0.1) is 0 Å². The van der Waals surface area contributed by atoms with E-state index >= 15 is 0 Å². The molecule has 1 rings (SSSR count). The predicted molar refractivity (Wildman–Crippen MR) is 75.1 cm³/mol. The van der Waals surface area contributed by atoms with Gasteiger partial charge in [-0.3, -0.25) is 0 Å². The average Bonchev–Trinajstić information content (AvgIpc) is 2.31. The Kier molecular flexibility index (Phi) is 6.23. The topological polar surface area (TPSA) is 38.7 Å². The summed E-state index contributed by atoms with van der Waals surface area (Å²) >= 11 is 0. The number of benzene rings is 1. The molecule has 1 N–H and O–H groups in total. The summed E-state index contributed by atoms with van der Waals surface area (Å²) in [5.41, 5.74) is 1.07. The van der Waals surface area contributed by atoms with Gasteiger partial charge in [0.25, 0.3) is 0 Å². The minimum atomic E-state index is -0.216. The lowest BCUT2D eigenvalue weighted by Gasteiger charge is -2.26. The van der Waals surface area contributed by atoms with Crippen molar-refractivity contribution in [3.8, 4) is 5.75 Å². The summed E-state index contributed by atoms with van der Waals surface area (Å²) in [5, 5.41) is 8.52. The molecular formula is C14H23BO3. The molecule has 0 amide bonds. The van der Waals surface area contributed by atoms with Crippen LogP contribution in [0.5, 0.6) is 5.75 Å². The third-order valence-corrected chi connectivity index (χ3v) is 2.80. The van der Waals surface area contributed by atoms with Crippen LogP contribution in [0, 0.1) is 0 Å². The summed E-state index contributed by atoms with van der Waals surface area (Å²) in [6, 6.07) is 8.06. The van der Waals surface area contributed by atoms with E-state index in [1.165, 1.54) is 5.56 Å². The molecule has 0 bridgehead atoms. The summed E-state index contributed by atoms with van der Waals surface area (Å²) < 4.78 is 10.9. The van der Waals surface area contributed by atoms with E-state index in [4.69, 9.17) is 14.4 Å². The monoisotopic (exact) mass is 250 g/mol. The van der Waals surface area contributed by atoms with E-state index < -0.39 is 0 Å². The van der Waals surface area contributed by atoms with Crippen molar-refractivity contribution < 1.29 is 14.4 Å². The van der Waals surface area contributed by atoms with Crippen LogP contribution in [0.3, 0.4) is 0 Å². The van der Waals surface area contributed by atoms with E-state index in [0.717, 1.165) is 25.0 Å². The Balaban J connectivity index is 2.49. The smallest absolute Gasteiger partial charge is 0.435 e. The number of hydrogen-bond donors (Lipinski definition) is 1. The van der Waals surface area contributed by atoms with Gasteiger partial charge in [0, 0.05) is 6.61 Å². The summed E-state index contributed by atoms with van der Waals surface area (Å²) in [4.78, 5) is 0. The SMILES string of the molecule is CCCC(C)(C)Oc1ccc(CCOBO)cc1. The molecular weight excluding hydrogens is 227 g/mol. The molecule has 0 atom stereocenters. The molecule has 0 saturated carbocycles. The van der Waals surface area contributed by atoms with Gasteiger partial charge in [-0.2, -0.15) is 0 Å². The molecule has 0 aliphatic heterocycles. The van der Waals surface area contributed by atoms with Gasteiger partial charge in [0.15, 0.2) is 0 Å². The Morgan fingerprint density at radius 2 is 1.89 bits per heavy atom. The van der Waals surface area contributed by atoms with E-state index in [-0.39, 0.29) is 13.3 Å².